The molecule has 7 heteroatoms. The van der Waals surface area contributed by atoms with Crippen LogP contribution >= 0.6 is 0 Å². The summed E-state index contributed by atoms with van der Waals surface area (Å²) in [6, 6.07) is 14.4. The molecule has 1 atom stereocenters. The molecule has 0 spiro atoms. The summed E-state index contributed by atoms with van der Waals surface area (Å²) in [4.78, 5) is 14.3. The lowest BCUT2D eigenvalue weighted by Gasteiger charge is -2.13. The highest BCUT2D eigenvalue weighted by Gasteiger charge is 2.20. The van der Waals surface area contributed by atoms with Crippen molar-refractivity contribution in [2.24, 2.45) is 0 Å². The fourth-order valence-electron chi connectivity index (χ4n) is 2.42. The fraction of sp³-hybridized carbons (Fsp3) is 0.250. The number of rotatable bonds is 6. The summed E-state index contributed by atoms with van der Waals surface area (Å²) in [5.41, 5.74) is 2.22. The molecule has 0 radical (unpaired) electrons. The molecule has 1 aromatic heterocycles. The maximum atomic E-state index is 12.3. The van der Waals surface area contributed by atoms with Crippen LogP contribution in [0.4, 0.5) is 5.69 Å². The number of carbonyl (C=O) groups excluding carboxylic acids is 1. The molecule has 0 fully saturated rings. The van der Waals surface area contributed by atoms with Gasteiger partial charge in [-0.2, -0.15) is 0 Å². The van der Waals surface area contributed by atoms with Gasteiger partial charge in [-0.25, -0.2) is 4.79 Å². The highest BCUT2D eigenvalue weighted by atomic mass is 16.6. The summed E-state index contributed by atoms with van der Waals surface area (Å²) >= 11 is 0. The summed E-state index contributed by atoms with van der Waals surface area (Å²) in [5, 5.41) is 8.01. The summed E-state index contributed by atoms with van der Waals surface area (Å²) in [6.07, 6.45) is -0.662. The Morgan fingerprint density at radius 2 is 1.70 bits per heavy atom. The zero-order valence-corrected chi connectivity index (χ0v) is 15.7. The number of benzene rings is 2. The lowest BCUT2D eigenvalue weighted by molar-refractivity contribution is 0.0280. The predicted molar refractivity (Wildman–Crippen MR) is 101 cm³/mol. The van der Waals surface area contributed by atoms with Crippen LogP contribution in [0.1, 0.15) is 29.3 Å². The first-order valence-corrected chi connectivity index (χ1v) is 8.44. The van der Waals surface area contributed by atoms with E-state index in [1.54, 1.807) is 38.3 Å². The second-order valence-electron chi connectivity index (χ2n) is 6.16. The van der Waals surface area contributed by atoms with Crippen LogP contribution in [-0.2, 0) is 4.74 Å². The molecule has 0 aliphatic rings. The molecule has 0 saturated carbocycles. The number of ether oxygens (including phenoxy) is 2. The maximum absolute atomic E-state index is 12.3. The fourth-order valence-corrected chi connectivity index (χ4v) is 2.42. The monoisotopic (exact) mass is 367 g/mol. The summed E-state index contributed by atoms with van der Waals surface area (Å²) in [6.45, 7) is 1.69. The summed E-state index contributed by atoms with van der Waals surface area (Å²) in [5.74, 6) is 0.878. The van der Waals surface area contributed by atoms with E-state index in [9.17, 15) is 4.79 Å². The lowest BCUT2D eigenvalue weighted by Crippen LogP contribution is -2.11. The first-order chi connectivity index (χ1) is 13.0. The van der Waals surface area contributed by atoms with E-state index in [4.69, 9.17) is 13.9 Å². The van der Waals surface area contributed by atoms with Crippen LogP contribution in [-0.4, -0.2) is 37.4 Å². The minimum atomic E-state index is -0.662. The molecule has 0 N–H and O–H groups in total. The number of aromatic nitrogens is 2. The van der Waals surface area contributed by atoms with Crippen LogP contribution < -0.4 is 9.64 Å². The Bertz CT molecular complexity index is 902. The highest BCUT2D eigenvalue weighted by molar-refractivity contribution is 5.90. The van der Waals surface area contributed by atoms with Crippen molar-refractivity contribution in [3.05, 3.63) is 60.0 Å². The van der Waals surface area contributed by atoms with Gasteiger partial charge >= 0.3 is 5.97 Å². The molecule has 140 valence electrons. The Morgan fingerprint density at radius 3 is 2.30 bits per heavy atom. The third kappa shape index (κ3) is 4.25. The van der Waals surface area contributed by atoms with Gasteiger partial charge < -0.3 is 18.8 Å². The van der Waals surface area contributed by atoms with Crippen LogP contribution in [0.3, 0.4) is 0 Å². The number of hydrogen-bond donors (Lipinski definition) is 0. The highest BCUT2D eigenvalue weighted by Crippen LogP contribution is 2.25. The van der Waals surface area contributed by atoms with Gasteiger partial charge in [0.2, 0.25) is 5.89 Å². The quantitative estimate of drug-likeness (QED) is 0.614. The molecule has 7 nitrogen and oxygen atoms in total. The minimum absolute atomic E-state index is 0.235. The van der Waals surface area contributed by atoms with Gasteiger partial charge in [0.25, 0.3) is 5.89 Å². The normalized spacial score (nSPS) is 11.7. The third-order valence-corrected chi connectivity index (χ3v) is 4.03. The van der Waals surface area contributed by atoms with Gasteiger partial charge in [0.15, 0.2) is 6.10 Å². The maximum Gasteiger partial charge on any atom is 0.338 e. The molecule has 3 aromatic rings. The van der Waals surface area contributed by atoms with E-state index in [-0.39, 0.29) is 5.89 Å². The molecule has 2 aromatic carbocycles. The van der Waals surface area contributed by atoms with E-state index in [0.29, 0.717) is 11.5 Å². The number of hydrogen-bond acceptors (Lipinski definition) is 7. The van der Waals surface area contributed by atoms with Crippen LogP contribution in [0, 0.1) is 0 Å². The molecule has 0 aliphatic heterocycles. The Hall–Kier alpha value is -3.35. The molecule has 1 heterocycles. The molecule has 0 aliphatic carbocycles. The van der Waals surface area contributed by atoms with Gasteiger partial charge in [0.1, 0.15) is 5.75 Å². The predicted octanol–water partition coefficient (Wildman–Crippen LogP) is 3.73. The largest absolute Gasteiger partial charge is 0.497 e. The molecular weight excluding hydrogens is 346 g/mol. The number of nitrogens with zero attached hydrogens (tertiary/aromatic N) is 3. The van der Waals surface area contributed by atoms with E-state index in [1.165, 1.54) is 0 Å². The van der Waals surface area contributed by atoms with E-state index in [2.05, 4.69) is 10.2 Å². The van der Waals surface area contributed by atoms with Gasteiger partial charge in [-0.3, -0.25) is 0 Å². The van der Waals surface area contributed by atoms with E-state index >= 15 is 0 Å². The van der Waals surface area contributed by atoms with Crippen molar-refractivity contribution >= 4 is 11.7 Å². The van der Waals surface area contributed by atoms with Crippen molar-refractivity contribution in [1.82, 2.24) is 10.2 Å². The SMILES string of the molecule is COc1ccc(-c2nnc([C@H](C)OC(=O)c3ccc(N(C)C)cc3)o2)cc1. The minimum Gasteiger partial charge on any atom is -0.497 e. The molecule has 27 heavy (non-hydrogen) atoms. The van der Waals surface area contributed by atoms with Gasteiger partial charge in [0, 0.05) is 25.3 Å². The zero-order chi connectivity index (χ0) is 19.4. The van der Waals surface area contributed by atoms with Crippen molar-refractivity contribution in [1.29, 1.82) is 0 Å². The molecular formula is C20H21N3O4. The van der Waals surface area contributed by atoms with Crippen molar-refractivity contribution in [2.45, 2.75) is 13.0 Å². The van der Waals surface area contributed by atoms with Crippen LogP contribution in [0.15, 0.2) is 52.9 Å². The van der Waals surface area contributed by atoms with Gasteiger partial charge in [-0.05, 0) is 55.5 Å². The average molecular weight is 367 g/mol. The number of carbonyl (C=O) groups is 1. The summed E-state index contributed by atoms with van der Waals surface area (Å²) in [7, 11) is 5.47. The number of anilines is 1. The first kappa shape index (κ1) is 18.4. The van der Waals surface area contributed by atoms with Gasteiger partial charge in [-0.15, -0.1) is 10.2 Å². The zero-order valence-electron chi connectivity index (χ0n) is 15.7. The van der Waals surface area contributed by atoms with Crippen molar-refractivity contribution in [3.63, 3.8) is 0 Å². The average Bonchev–Trinajstić information content (AvgIpc) is 3.18. The summed E-state index contributed by atoms with van der Waals surface area (Å²) < 4.78 is 16.2. The van der Waals surface area contributed by atoms with Crippen molar-refractivity contribution in [2.75, 3.05) is 26.1 Å². The Kier molecular flexibility index (Phi) is 5.40. The van der Waals surface area contributed by atoms with Gasteiger partial charge in [0.05, 0.1) is 12.7 Å². The molecule has 0 amide bonds. The Labute approximate surface area is 157 Å². The standard InChI is InChI=1S/C20H21N3O4/c1-13(26-20(24)15-5-9-16(10-6-15)23(2)3)18-21-22-19(27-18)14-7-11-17(25-4)12-8-14/h5-13H,1-4H3/t13-/m0/s1. The van der Waals surface area contributed by atoms with Crippen LogP contribution in [0.25, 0.3) is 11.5 Å². The smallest absolute Gasteiger partial charge is 0.338 e. The van der Waals surface area contributed by atoms with Crippen molar-refractivity contribution < 1.29 is 18.7 Å². The topological polar surface area (TPSA) is 77.7 Å². The lowest BCUT2D eigenvalue weighted by atomic mass is 10.2. The van der Waals surface area contributed by atoms with Crippen molar-refractivity contribution in [3.8, 4) is 17.2 Å². The molecule has 0 saturated heterocycles. The Morgan fingerprint density at radius 1 is 1.04 bits per heavy atom. The van der Waals surface area contributed by atoms with Crippen LogP contribution in [0.2, 0.25) is 0 Å². The number of esters is 1. The van der Waals surface area contributed by atoms with E-state index < -0.39 is 12.1 Å². The molecule has 0 unspecified atom stereocenters. The Balaban J connectivity index is 1.68. The molecule has 0 bridgehead atoms. The van der Waals surface area contributed by atoms with E-state index in [1.807, 2.05) is 43.3 Å². The first-order valence-electron chi connectivity index (χ1n) is 8.44. The number of methoxy groups -OCH3 is 1. The van der Waals surface area contributed by atoms with Gasteiger partial charge in [-0.1, -0.05) is 0 Å². The second kappa shape index (κ2) is 7.90. The second-order valence-corrected chi connectivity index (χ2v) is 6.16. The molecule has 3 rings (SSSR count). The van der Waals surface area contributed by atoms with E-state index in [0.717, 1.165) is 17.0 Å². The third-order valence-electron chi connectivity index (χ3n) is 4.03. The van der Waals surface area contributed by atoms with Crippen LogP contribution in [0.5, 0.6) is 5.75 Å².